The third-order valence-corrected chi connectivity index (χ3v) is 3.63. The summed E-state index contributed by atoms with van der Waals surface area (Å²) in [5, 5.41) is 20.8. The van der Waals surface area contributed by atoms with E-state index in [0.717, 1.165) is 11.3 Å². The van der Waals surface area contributed by atoms with Gasteiger partial charge in [0.15, 0.2) is 0 Å². The second-order valence-corrected chi connectivity index (χ2v) is 5.00. The molecule has 1 saturated heterocycles. The van der Waals surface area contributed by atoms with E-state index in [1.54, 1.807) is 6.20 Å². The molecule has 0 aromatic carbocycles. The van der Waals surface area contributed by atoms with E-state index in [1.165, 1.54) is 0 Å². The molecule has 3 heterocycles. The second-order valence-electron chi connectivity index (χ2n) is 5.00. The van der Waals surface area contributed by atoms with Crippen LogP contribution < -0.4 is 4.90 Å². The van der Waals surface area contributed by atoms with Crippen LogP contribution in [0.3, 0.4) is 0 Å². The van der Waals surface area contributed by atoms with Gasteiger partial charge in [-0.25, -0.2) is 9.97 Å². The Bertz CT molecular complexity index is 584. The van der Waals surface area contributed by atoms with Crippen molar-refractivity contribution in [1.29, 1.82) is 0 Å². The predicted octanol–water partition coefficient (Wildman–Crippen LogP) is 0.309. The first-order valence-corrected chi connectivity index (χ1v) is 6.22. The lowest BCUT2D eigenvalue weighted by molar-refractivity contribution is 0.0559. The third-order valence-electron chi connectivity index (χ3n) is 3.63. The lowest BCUT2D eigenvalue weighted by Crippen LogP contribution is -2.32. The average Bonchev–Trinajstić information content (AvgIpc) is 3.02. The van der Waals surface area contributed by atoms with Gasteiger partial charge in [0.25, 0.3) is 0 Å². The van der Waals surface area contributed by atoms with Crippen molar-refractivity contribution in [2.75, 3.05) is 18.0 Å². The number of aliphatic hydroxyl groups is 1. The fourth-order valence-corrected chi connectivity index (χ4v) is 2.27. The molecule has 100 valence electrons. The van der Waals surface area contributed by atoms with E-state index < -0.39 is 5.60 Å². The van der Waals surface area contributed by atoms with Gasteiger partial charge in [0, 0.05) is 24.9 Å². The molecule has 1 unspecified atom stereocenters. The minimum atomic E-state index is -0.977. The van der Waals surface area contributed by atoms with Crippen LogP contribution in [0.25, 0.3) is 0 Å². The van der Waals surface area contributed by atoms with Crippen LogP contribution in [0.5, 0.6) is 0 Å². The molecule has 2 aromatic heterocycles. The van der Waals surface area contributed by atoms with Crippen molar-refractivity contribution in [2.24, 2.45) is 0 Å². The molecule has 0 spiro atoms. The summed E-state index contributed by atoms with van der Waals surface area (Å²) in [6.07, 6.45) is 3.96. The number of nitrogens with one attached hydrogen (secondary N) is 1. The quantitative estimate of drug-likeness (QED) is 0.807. The van der Waals surface area contributed by atoms with Crippen molar-refractivity contribution in [1.82, 2.24) is 25.4 Å². The van der Waals surface area contributed by atoms with Gasteiger partial charge in [-0.2, -0.15) is 15.4 Å². The lowest BCUT2D eigenvalue weighted by Gasteiger charge is -2.21. The van der Waals surface area contributed by atoms with Gasteiger partial charge in [-0.15, -0.1) is 0 Å². The molecule has 0 aliphatic carbocycles. The number of aromatic nitrogens is 5. The molecule has 19 heavy (non-hydrogen) atoms. The maximum absolute atomic E-state index is 10.6. The van der Waals surface area contributed by atoms with Gasteiger partial charge in [-0.05, 0) is 19.4 Å². The monoisotopic (exact) mass is 260 g/mol. The molecule has 7 heteroatoms. The first-order valence-electron chi connectivity index (χ1n) is 6.22. The Hall–Kier alpha value is -2.02. The molecule has 0 amide bonds. The molecular formula is C12H16N6O. The maximum Gasteiger partial charge on any atom is 0.225 e. The summed E-state index contributed by atoms with van der Waals surface area (Å²) in [6.45, 7) is 5.07. The molecule has 1 fully saturated rings. The van der Waals surface area contributed by atoms with Crippen molar-refractivity contribution >= 4 is 5.95 Å². The number of nitrogens with zero attached hydrogens (tertiary/aromatic N) is 5. The predicted molar refractivity (Wildman–Crippen MR) is 68.6 cm³/mol. The van der Waals surface area contributed by atoms with Gasteiger partial charge >= 0.3 is 0 Å². The summed E-state index contributed by atoms with van der Waals surface area (Å²) in [5.74, 6) is 0.655. The first-order chi connectivity index (χ1) is 9.08. The molecule has 1 atom stereocenters. The van der Waals surface area contributed by atoms with Crippen LogP contribution >= 0.6 is 0 Å². The summed E-state index contributed by atoms with van der Waals surface area (Å²) in [4.78, 5) is 10.8. The van der Waals surface area contributed by atoms with Crippen molar-refractivity contribution in [3.05, 3.63) is 29.3 Å². The van der Waals surface area contributed by atoms with Gasteiger partial charge in [0.2, 0.25) is 5.95 Å². The molecule has 3 rings (SSSR count). The summed E-state index contributed by atoms with van der Waals surface area (Å²) in [5.41, 5.74) is 1.62. The van der Waals surface area contributed by atoms with Crippen molar-refractivity contribution in [3.63, 3.8) is 0 Å². The Morgan fingerprint density at radius 1 is 1.37 bits per heavy atom. The van der Waals surface area contributed by atoms with Gasteiger partial charge in [-0.3, -0.25) is 0 Å². The van der Waals surface area contributed by atoms with Crippen LogP contribution in [-0.4, -0.2) is 43.6 Å². The zero-order valence-electron chi connectivity index (χ0n) is 11.0. The van der Waals surface area contributed by atoms with Crippen LogP contribution in [0.4, 0.5) is 5.95 Å². The van der Waals surface area contributed by atoms with Crippen LogP contribution in [0.1, 0.15) is 23.4 Å². The van der Waals surface area contributed by atoms with E-state index in [4.69, 9.17) is 0 Å². The highest BCUT2D eigenvalue weighted by atomic mass is 16.3. The van der Waals surface area contributed by atoms with Gasteiger partial charge in [-0.1, -0.05) is 0 Å². The van der Waals surface area contributed by atoms with Crippen LogP contribution in [0, 0.1) is 13.8 Å². The molecule has 1 aliphatic heterocycles. The number of rotatable bonds is 2. The van der Waals surface area contributed by atoms with Crippen LogP contribution in [-0.2, 0) is 5.60 Å². The largest absolute Gasteiger partial charge is 0.381 e. The Morgan fingerprint density at radius 3 is 2.89 bits per heavy atom. The number of hydrogen-bond acceptors (Lipinski definition) is 6. The lowest BCUT2D eigenvalue weighted by atomic mass is 10.0. The number of aromatic amines is 1. The van der Waals surface area contributed by atoms with E-state index in [2.05, 4.69) is 25.4 Å². The average molecular weight is 260 g/mol. The summed E-state index contributed by atoms with van der Waals surface area (Å²) in [6, 6.07) is 0. The minimum absolute atomic E-state index is 0.433. The number of β-amino-alcohol motifs (C(OH)–C–C–N with tert-alkyl or cyclic N) is 1. The zero-order valence-corrected chi connectivity index (χ0v) is 11.0. The molecule has 7 nitrogen and oxygen atoms in total. The van der Waals surface area contributed by atoms with E-state index in [1.807, 2.05) is 24.9 Å². The van der Waals surface area contributed by atoms with Gasteiger partial charge in [0.1, 0.15) is 11.3 Å². The summed E-state index contributed by atoms with van der Waals surface area (Å²) < 4.78 is 0. The highest BCUT2D eigenvalue weighted by Gasteiger charge is 2.40. The fourth-order valence-electron chi connectivity index (χ4n) is 2.27. The molecule has 0 bridgehead atoms. The Kier molecular flexibility index (Phi) is 2.70. The van der Waals surface area contributed by atoms with Crippen LogP contribution in [0.2, 0.25) is 0 Å². The number of aryl methyl sites for hydroxylation is 2. The number of H-pyrrole nitrogens is 1. The molecule has 1 aliphatic rings. The number of hydrogen-bond donors (Lipinski definition) is 2. The minimum Gasteiger partial charge on any atom is -0.381 e. The first kappa shape index (κ1) is 12.0. The Labute approximate surface area is 110 Å². The molecule has 2 aromatic rings. The Morgan fingerprint density at radius 2 is 2.21 bits per heavy atom. The summed E-state index contributed by atoms with van der Waals surface area (Å²) >= 11 is 0. The third kappa shape index (κ3) is 2.06. The van der Waals surface area contributed by atoms with E-state index >= 15 is 0 Å². The topological polar surface area (TPSA) is 90.8 Å². The normalized spacial score (nSPS) is 23.0. The SMILES string of the molecule is Cc1cnc(N2CCC(O)(c3cn[nH]n3)C2)nc1C. The molecule has 0 saturated carbocycles. The Balaban J connectivity index is 1.84. The smallest absolute Gasteiger partial charge is 0.225 e. The van der Waals surface area contributed by atoms with Gasteiger partial charge in [0.05, 0.1) is 12.7 Å². The molecule has 0 radical (unpaired) electrons. The summed E-state index contributed by atoms with van der Waals surface area (Å²) in [7, 11) is 0. The molecular weight excluding hydrogens is 244 g/mol. The zero-order chi connectivity index (χ0) is 13.5. The maximum atomic E-state index is 10.6. The number of anilines is 1. The highest BCUT2D eigenvalue weighted by molar-refractivity contribution is 5.36. The van der Waals surface area contributed by atoms with Crippen molar-refractivity contribution in [3.8, 4) is 0 Å². The van der Waals surface area contributed by atoms with Gasteiger partial charge < -0.3 is 10.0 Å². The highest BCUT2D eigenvalue weighted by Crippen LogP contribution is 2.31. The van der Waals surface area contributed by atoms with Crippen molar-refractivity contribution < 1.29 is 5.11 Å². The fraction of sp³-hybridized carbons (Fsp3) is 0.500. The van der Waals surface area contributed by atoms with Crippen molar-refractivity contribution in [2.45, 2.75) is 25.9 Å². The van der Waals surface area contributed by atoms with E-state index in [0.29, 0.717) is 31.2 Å². The van der Waals surface area contributed by atoms with E-state index in [-0.39, 0.29) is 0 Å². The van der Waals surface area contributed by atoms with Crippen LogP contribution in [0.15, 0.2) is 12.4 Å². The second kappa shape index (κ2) is 4.27. The standard InChI is InChI=1S/C12H16N6O/c1-8-5-13-11(15-9(8)2)18-4-3-12(19,7-18)10-6-14-17-16-10/h5-6,19H,3-4,7H2,1-2H3,(H,14,16,17). The van der Waals surface area contributed by atoms with E-state index in [9.17, 15) is 5.11 Å². The molecule has 2 N–H and O–H groups in total.